The van der Waals surface area contributed by atoms with Gasteiger partial charge in [0.1, 0.15) is 12.6 Å². The molecule has 2 amide bonds. The van der Waals surface area contributed by atoms with Gasteiger partial charge in [-0.1, -0.05) is 55.5 Å². The fourth-order valence-electron chi connectivity index (χ4n) is 4.81. The number of carbonyl (C=O) groups excluding carboxylic acids is 2. The number of carboxylic acids is 1. The fraction of sp³-hybridized carbons (Fsp3) is 0.423. The number of likely N-dealkylation sites (N-methyl/N-ethyl adjacent to an activating group) is 1. The van der Waals surface area contributed by atoms with Gasteiger partial charge in [0, 0.05) is 38.5 Å². The Morgan fingerprint density at radius 3 is 2.15 bits per heavy atom. The zero-order valence-electron chi connectivity index (χ0n) is 19.4. The second kappa shape index (κ2) is 10.7. The van der Waals surface area contributed by atoms with E-state index in [1.807, 2.05) is 36.4 Å². The van der Waals surface area contributed by atoms with E-state index in [9.17, 15) is 14.4 Å². The molecule has 1 saturated heterocycles. The van der Waals surface area contributed by atoms with E-state index in [0.29, 0.717) is 13.1 Å². The molecule has 0 spiro atoms. The van der Waals surface area contributed by atoms with Gasteiger partial charge in [-0.05, 0) is 35.2 Å². The van der Waals surface area contributed by atoms with Crippen molar-refractivity contribution in [2.24, 2.45) is 0 Å². The molecule has 2 N–H and O–H groups in total. The molecule has 1 aliphatic carbocycles. The molecule has 4 rings (SSSR count). The zero-order valence-corrected chi connectivity index (χ0v) is 19.4. The topological polar surface area (TPSA) is 99.2 Å². The van der Waals surface area contributed by atoms with E-state index < -0.39 is 18.1 Å². The number of alkyl carbamates (subject to hydrolysis) is 1. The molecule has 0 radical (unpaired) electrons. The number of ether oxygens (including phenoxy) is 1. The van der Waals surface area contributed by atoms with Gasteiger partial charge in [0.15, 0.2) is 0 Å². The predicted octanol–water partition coefficient (Wildman–Crippen LogP) is 2.92. The van der Waals surface area contributed by atoms with Crippen LogP contribution in [0, 0.1) is 0 Å². The van der Waals surface area contributed by atoms with Crippen LogP contribution >= 0.6 is 0 Å². The third-order valence-electron chi connectivity index (χ3n) is 6.71. The van der Waals surface area contributed by atoms with E-state index in [4.69, 9.17) is 9.84 Å². The van der Waals surface area contributed by atoms with Gasteiger partial charge in [0.25, 0.3) is 0 Å². The van der Waals surface area contributed by atoms with Crippen molar-refractivity contribution >= 4 is 18.0 Å². The Balaban J connectivity index is 1.40. The highest BCUT2D eigenvalue weighted by atomic mass is 16.5. The summed E-state index contributed by atoms with van der Waals surface area (Å²) in [5, 5.41) is 11.7. The fourth-order valence-corrected chi connectivity index (χ4v) is 4.81. The number of fused-ring (bicyclic) bond motifs is 3. The Labute approximate surface area is 199 Å². The van der Waals surface area contributed by atoms with Gasteiger partial charge in [-0.25, -0.2) is 4.79 Å². The highest BCUT2D eigenvalue weighted by Crippen LogP contribution is 2.44. The van der Waals surface area contributed by atoms with Gasteiger partial charge in [-0.2, -0.15) is 0 Å². The van der Waals surface area contributed by atoms with E-state index in [-0.39, 0.29) is 31.3 Å². The molecule has 1 atom stereocenters. The van der Waals surface area contributed by atoms with Crippen LogP contribution in [-0.4, -0.2) is 78.2 Å². The summed E-state index contributed by atoms with van der Waals surface area (Å²) in [7, 11) is 0. The van der Waals surface area contributed by atoms with Crippen molar-refractivity contribution < 1.29 is 24.2 Å². The molecule has 0 saturated carbocycles. The van der Waals surface area contributed by atoms with Gasteiger partial charge in [0.2, 0.25) is 5.91 Å². The molecule has 1 fully saturated rings. The van der Waals surface area contributed by atoms with Gasteiger partial charge in [0.05, 0.1) is 0 Å². The first kappa shape index (κ1) is 23.8. The molecule has 1 unspecified atom stereocenters. The van der Waals surface area contributed by atoms with Crippen molar-refractivity contribution in [3.8, 4) is 11.1 Å². The average Bonchev–Trinajstić information content (AvgIpc) is 3.18. The number of carboxylic acid groups (broad SMARTS) is 1. The molecule has 2 aliphatic rings. The molecule has 8 nitrogen and oxygen atoms in total. The maximum atomic E-state index is 13.1. The first-order valence-electron chi connectivity index (χ1n) is 11.8. The normalized spacial score (nSPS) is 16.4. The van der Waals surface area contributed by atoms with Crippen LogP contribution in [-0.2, 0) is 14.3 Å². The molecule has 8 heteroatoms. The molecule has 0 aromatic heterocycles. The summed E-state index contributed by atoms with van der Waals surface area (Å²) in [6, 6.07) is 15.2. The summed E-state index contributed by atoms with van der Waals surface area (Å²) in [6.07, 6.45) is -0.903. The lowest BCUT2D eigenvalue weighted by Gasteiger charge is -2.36. The number of aliphatic carboxylic acids is 1. The van der Waals surface area contributed by atoms with Crippen molar-refractivity contribution in [1.29, 1.82) is 0 Å². The number of nitrogens with zero attached hydrogens (tertiary/aromatic N) is 2. The molecule has 0 bridgehead atoms. The lowest BCUT2D eigenvalue weighted by molar-refractivity contribution is -0.138. The Morgan fingerprint density at radius 1 is 1.00 bits per heavy atom. The summed E-state index contributed by atoms with van der Waals surface area (Å²) >= 11 is 0. The van der Waals surface area contributed by atoms with Crippen LogP contribution in [0.2, 0.25) is 0 Å². The van der Waals surface area contributed by atoms with Gasteiger partial charge in [-0.3, -0.25) is 9.59 Å². The Bertz CT molecular complexity index is 1000. The minimum absolute atomic E-state index is 0.0202. The Hall–Kier alpha value is -3.39. The van der Waals surface area contributed by atoms with Crippen LogP contribution < -0.4 is 5.32 Å². The minimum Gasteiger partial charge on any atom is -0.481 e. The molecular weight excluding hydrogens is 434 g/mol. The van der Waals surface area contributed by atoms with Crippen LogP contribution in [0.1, 0.15) is 36.8 Å². The number of hydrogen-bond donors (Lipinski definition) is 2. The van der Waals surface area contributed by atoms with Gasteiger partial charge >= 0.3 is 12.1 Å². The second-order valence-corrected chi connectivity index (χ2v) is 8.71. The molecule has 1 aliphatic heterocycles. The third kappa shape index (κ3) is 5.22. The van der Waals surface area contributed by atoms with E-state index >= 15 is 0 Å². The third-order valence-corrected chi connectivity index (χ3v) is 6.71. The number of hydrogen-bond acceptors (Lipinski definition) is 5. The first-order valence-corrected chi connectivity index (χ1v) is 11.8. The summed E-state index contributed by atoms with van der Waals surface area (Å²) in [6.45, 7) is 5.77. The van der Waals surface area contributed by atoms with Crippen LogP contribution in [0.3, 0.4) is 0 Å². The van der Waals surface area contributed by atoms with Crippen molar-refractivity contribution in [1.82, 2.24) is 15.1 Å². The molecule has 2 aromatic rings. The number of rotatable bonds is 8. The summed E-state index contributed by atoms with van der Waals surface area (Å²) < 4.78 is 5.57. The van der Waals surface area contributed by atoms with Crippen molar-refractivity contribution in [3.63, 3.8) is 0 Å². The lowest BCUT2D eigenvalue weighted by Crippen LogP contribution is -2.55. The molecule has 1 heterocycles. The molecular formula is C26H31N3O5. The number of amides is 2. The summed E-state index contributed by atoms with van der Waals surface area (Å²) in [4.78, 5) is 40.8. The maximum Gasteiger partial charge on any atom is 0.407 e. The first-order chi connectivity index (χ1) is 16.5. The number of benzene rings is 2. The standard InChI is InChI=1S/C26H31N3O5/c1-2-28-13-15-29(16-14-28)25(32)23(11-12-24(30)31)27-26(33)34-17-22-20-9-5-3-7-18(20)19-8-4-6-10-21(19)22/h3-10,22-23H,2,11-17H2,1H3,(H,27,33)(H,30,31). The van der Waals surface area contributed by atoms with E-state index in [1.165, 1.54) is 0 Å². The van der Waals surface area contributed by atoms with E-state index in [2.05, 4.69) is 29.3 Å². The van der Waals surface area contributed by atoms with E-state index in [1.54, 1.807) is 4.90 Å². The van der Waals surface area contributed by atoms with Crippen molar-refractivity contribution in [3.05, 3.63) is 59.7 Å². The molecule has 34 heavy (non-hydrogen) atoms. The second-order valence-electron chi connectivity index (χ2n) is 8.71. The quantitative estimate of drug-likeness (QED) is 0.622. The Kier molecular flexibility index (Phi) is 7.47. The van der Waals surface area contributed by atoms with Crippen molar-refractivity contribution in [2.75, 3.05) is 39.3 Å². The number of nitrogens with one attached hydrogen (secondary N) is 1. The monoisotopic (exact) mass is 465 g/mol. The number of piperazine rings is 1. The molecule has 2 aromatic carbocycles. The smallest absolute Gasteiger partial charge is 0.407 e. The van der Waals surface area contributed by atoms with Crippen LogP contribution in [0.25, 0.3) is 11.1 Å². The maximum absolute atomic E-state index is 13.1. The van der Waals surface area contributed by atoms with E-state index in [0.717, 1.165) is 41.9 Å². The minimum atomic E-state index is -1.01. The SMILES string of the molecule is CCN1CCN(C(=O)C(CCC(=O)O)NC(=O)OCC2c3ccccc3-c3ccccc32)CC1. The van der Waals surface area contributed by atoms with Crippen LogP contribution in [0.5, 0.6) is 0 Å². The highest BCUT2D eigenvalue weighted by molar-refractivity contribution is 5.86. The number of carbonyl (C=O) groups is 3. The van der Waals surface area contributed by atoms with Crippen molar-refractivity contribution in [2.45, 2.75) is 31.7 Å². The lowest BCUT2D eigenvalue weighted by atomic mass is 9.98. The Morgan fingerprint density at radius 2 is 1.59 bits per heavy atom. The largest absolute Gasteiger partial charge is 0.481 e. The van der Waals surface area contributed by atoms with Crippen LogP contribution in [0.4, 0.5) is 4.79 Å². The summed E-state index contributed by atoms with van der Waals surface area (Å²) in [5.41, 5.74) is 4.47. The van der Waals surface area contributed by atoms with Gasteiger partial charge in [-0.15, -0.1) is 0 Å². The van der Waals surface area contributed by atoms with Gasteiger partial charge < -0.3 is 25.0 Å². The highest BCUT2D eigenvalue weighted by Gasteiger charge is 2.31. The predicted molar refractivity (Wildman–Crippen MR) is 128 cm³/mol. The molecule has 180 valence electrons. The zero-order chi connectivity index (χ0) is 24.1. The van der Waals surface area contributed by atoms with Crippen LogP contribution in [0.15, 0.2) is 48.5 Å². The average molecular weight is 466 g/mol. The summed E-state index contributed by atoms with van der Waals surface area (Å²) in [5.74, 6) is -1.36.